The maximum Gasteiger partial charge on any atom is 0.293 e. The van der Waals surface area contributed by atoms with E-state index < -0.39 is 43.1 Å². The summed E-state index contributed by atoms with van der Waals surface area (Å²) in [5, 5.41) is 27.0. The number of aromatic nitrogens is 3. The maximum atomic E-state index is 14.9. The van der Waals surface area contributed by atoms with E-state index in [4.69, 9.17) is 28.9 Å². The number of nitro groups is 1. The quantitative estimate of drug-likeness (QED) is 0.0521. The van der Waals surface area contributed by atoms with Gasteiger partial charge in [-0.15, -0.1) is 0 Å². The van der Waals surface area contributed by atoms with Gasteiger partial charge in [0, 0.05) is 107 Å². The summed E-state index contributed by atoms with van der Waals surface area (Å²) in [7, 11) is -2.91. The third kappa shape index (κ3) is 12.7. The number of benzene rings is 3. The minimum Gasteiger partial charge on any atom is -0.493 e. The molecule has 7 aliphatic rings. The van der Waals surface area contributed by atoms with Crippen LogP contribution in [0, 0.1) is 27.4 Å². The van der Waals surface area contributed by atoms with Crippen LogP contribution in [-0.2, 0) is 26.0 Å². The van der Waals surface area contributed by atoms with E-state index in [0.29, 0.717) is 93.0 Å². The summed E-state index contributed by atoms with van der Waals surface area (Å²) in [5.41, 5.74) is 5.93. The number of aliphatic hydroxyl groups is 1. The first-order valence-electron chi connectivity index (χ1n) is 32.2. The number of carbonyl (C=O) groups excluding carboxylic acids is 1. The molecule has 6 aromatic rings. The topological polar surface area (TPSA) is 233 Å². The van der Waals surface area contributed by atoms with Crippen molar-refractivity contribution >= 4 is 66.9 Å². The number of pyridine rings is 2. The van der Waals surface area contributed by atoms with Crippen LogP contribution >= 0.6 is 0 Å². The van der Waals surface area contributed by atoms with Crippen molar-refractivity contribution in [2.24, 2.45) is 17.3 Å². The zero-order valence-electron chi connectivity index (χ0n) is 51.7. The van der Waals surface area contributed by atoms with Gasteiger partial charge in [-0.1, -0.05) is 32.0 Å². The van der Waals surface area contributed by atoms with Crippen LogP contribution in [-0.4, -0.2) is 154 Å². The SMILES string of the molecule is COc1cc(CN2CCN(c3ccccc3C(C)C)[C@@H](C3CCC4(CC3)CCN(c3ccc(C(=O)NS(=O)(=O)c5ccc(NC[C@H]6CC[C@](C)(O)CC6)c([N+](=O)[O-])c5)c(N5c6cc7cc[nH]c7nc6O[C@H]6COCC[C@@H]65)c3)CC4)C2)cnc1N1CCOCC1. The standard InChI is InChI=1S/C67H85N11O10S/c1-44(2)51-7-5-6-8-54(51)76-29-28-73(41-46-35-60(85-4)63(70-40-46)75-30-33-86-34-31-75)42-59(76)47-15-21-67(22-16-47)23-26-74(27-24-67)49-9-11-52(56(37-49)77-55-18-32-87-43-61(55)88-65-58(77)36-48-17-25-68-62(48)71-65)64(79)72-89(83,84)50-10-12-53(57(38-50)78(81)82)69-39-45-13-19-66(3,80)20-14-45/h5-12,17,25,35-38,40,44-45,47,55,59,61,69,80H,13-16,18-24,26-34,39,41-43H2,1-4H3,(H,68,71)(H,72,79)/t45-,55-,59+,61-,66-/m0/s1. The number of nitro benzene ring substituents is 1. The number of hydrogen-bond donors (Lipinski definition) is 4. The van der Waals surface area contributed by atoms with Crippen LogP contribution in [0.2, 0.25) is 0 Å². The second-order valence-corrected chi connectivity index (χ2v) is 28.3. The number of rotatable bonds is 16. The lowest BCUT2D eigenvalue weighted by Gasteiger charge is -2.52. The Bertz CT molecular complexity index is 3660. The molecule has 0 bridgehead atoms. The van der Waals surface area contributed by atoms with Crippen molar-refractivity contribution in [2.45, 2.75) is 133 Å². The number of hydrogen-bond acceptors (Lipinski definition) is 18. The highest BCUT2D eigenvalue weighted by atomic mass is 32.2. The van der Waals surface area contributed by atoms with Crippen LogP contribution in [0.4, 0.5) is 39.9 Å². The predicted octanol–water partition coefficient (Wildman–Crippen LogP) is 10.2. The number of piperidine rings is 1. The Morgan fingerprint density at radius 1 is 0.854 bits per heavy atom. The van der Waals surface area contributed by atoms with Gasteiger partial charge in [-0.25, -0.2) is 18.1 Å². The minimum atomic E-state index is -4.65. The molecule has 0 radical (unpaired) electrons. The lowest BCUT2D eigenvalue weighted by atomic mass is 9.64. The van der Waals surface area contributed by atoms with Gasteiger partial charge in [-0.3, -0.25) is 19.8 Å². The van der Waals surface area contributed by atoms with Gasteiger partial charge in [0.15, 0.2) is 11.6 Å². The number of para-hydroxylation sites is 1. The van der Waals surface area contributed by atoms with E-state index in [2.05, 4.69) is 83.7 Å². The molecule has 22 heteroatoms. The second-order valence-electron chi connectivity index (χ2n) is 26.6. The molecule has 4 N–H and O–H groups in total. The van der Waals surface area contributed by atoms with E-state index in [1.807, 2.05) is 43.6 Å². The Kier molecular flexibility index (Phi) is 17.2. The number of sulfonamides is 1. The van der Waals surface area contributed by atoms with Crippen molar-refractivity contribution in [2.75, 3.05) is 111 Å². The molecule has 1 spiro atoms. The molecule has 2 aliphatic carbocycles. The summed E-state index contributed by atoms with van der Waals surface area (Å²) in [5.74, 6) is 2.27. The van der Waals surface area contributed by atoms with Gasteiger partial charge in [0.2, 0.25) is 5.88 Å². The fourth-order valence-electron chi connectivity index (χ4n) is 15.3. The van der Waals surface area contributed by atoms with E-state index in [1.165, 1.54) is 23.4 Å². The minimum absolute atomic E-state index is 0.111. The van der Waals surface area contributed by atoms with Gasteiger partial charge in [0.1, 0.15) is 23.1 Å². The van der Waals surface area contributed by atoms with E-state index in [-0.39, 0.29) is 28.6 Å². The number of methoxy groups -OCH3 is 1. The summed E-state index contributed by atoms with van der Waals surface area (Å²) in [6.07, 6.45) is 13.4. The van der Waals surface area contributed by atoms with Gasteiger partial charge in [-0.05, 0) is 166 Å². The highest BCUT2D eigenvalue weighted by Crippen LogP contribution is 2.51. The van der Waals surface area contributed by atoms with Crippen molar-refractivity contribution in [1.82, 2.24) is 24.6 Å². The van der Waals surface area contributed by atoms with Gasteiger partial charge < -0.3 is 54.0 Å². The molecule has 3 atom stereocenters. The van der Waals surface area contributed by atoms with E-state index in [1.54, 1.807) is 13.2 Å². The smallest absolute Gasteiger partial charge is 0.293 e. The molecular formula is C67H85N11O10S. The van der Waals surface area contributed by atoms with Gasteiger partial charge >= 0.3 is 0 Å². The number of nitrogens with zero attached hydrogens (tertiary/aromatic N) is 8. The Balaban J connectivity index is 0.744. The highest BCUT2D eigenvalue weighted by molar-refractivity contribution is 7.90. The molecule has 3 aromatic heterocycles. The van der Waals surface area contributed by atoms with Gasteiger partial charge in [-0.2, -0.15) is 4.98 Å². The van der Waals surface area contributed by atoms with Crippen LogP contribution < -0.4 is 39.1 Å². The molecule has 1 amide bonds. The number of H-pyrrole nitrogens is 1. The van der Waals surface area contributed by atoms with Gasteiger partial charge in [0.25, 0.3) is 21.6 Å². The van der Waals surface area contributed by atoms with Crippen LogP contribution in [0.15, 0.2) is 96.2 Å². The fourth-order valence-corrected chi connectivity index (χ4v) is 16.3. The largest absolute Gasteiger partial charge is 0.493 e. The molecule has 2 saturated carbocycles. The molecule has 8 heterocycles. The van der Waals surface area contributed by atoms with Crippen molar-refractivity contribution in [3.05, 3.63) is 118 Å². The zero-order chi connectivity index (χ0) is 61.6. The second kappa shape index (κ2) is 25.2. The Labute approximate surface area is 521 Å². The molecule has 474 valence electrons. The summed E-state index contributed by atoms with van der Waals surface area (Å²) in [6.45, 7) is 15.8. The number of aromatic amines is 1. The normalized spacial score (nSPS) is 24.3. The number of anilines is 6. The number of morpholine rings is 1. The van der Waals surface area contributed by atoms with Gasteiger partial charge in [0.05, 0.1) is 59.6 Å². The van der Waals surface area contributed by atoms with Crippen molar-refractivity contribution < 1.29 is 42.2 Å². The zero-order valence-corrected chi connectivity index (χ0v) is 52.5. The Morgan fingerprint density at radius 2 is 1.64 bits per heavy atom. The summed E-state index contributed by atoms with van der Waals surface area (Å²) in [6, 6.07) is 24.5. The lowest BCUT2D eigenvalue weighted by molar-refractivity contribution is -0.384. The molecule has 89 heavy (non-hydrogen) atoms. The Hall–Kier alpha value is -7.24. The Morgan fingerprint density at radius 3 is 2.40 bits per heavy atom. The first-order valence-corrected chi connectivity index (χ1v) is 33.7. The van der Waals surface area contributed by atoms with Crippen molar-refractivity contribution in [3.63, 3.8) is 0 Å². The van der Waals surface area contributed by atoms with Crippen LogP contribution in [0.5, 0.6) is 11.6 Å². The summed E-state index contributed by atoms with van der Waals surface area (Å²) in [4.78, 5) is 51.6. The third-order valence-corrected chi connectivity index (χ3v) is 21.9. The fraction of sp³-hybridized carbons (Fsp3) is 0.537. The third-order valence-electron chi connectivity index (χ3n) is 20.6. The van der Waals surface area contributed by atoms with E-state index >= 15 is 0 Å². The van der Waals surface area contributed by atoms with Crippen molar-refractivity contribution in [1.29, 1.82) is 0 Å². The molecule has 5 aliphatic heterocycles. The summed E-state index contributed by atoms with van der Waals surface area (Å²) < 4.78 is 55.1. The first kappa shape index (κ1) is 60.7. The summed E-state index contributed by atoms with van der Waals surface area (Å²) >= 11 is 0. The van der Waals surface area contributed by atoms with E-state index in [9.17, 15) is 28.4 Å². The van der Waals surface area contributed by atoms with Crippen molar-refractivity contribution in [3.8, 4) is 11.6 Å². The van der Waals surface area contributed by atoms with E-state index in [0.717, 1.165) is 138 Å². The number of carbonyl (C=O) groups is 1. The molecule has 21 nitrogen and oxygen atoms in total. The lowest BCUT2D eigenvalue weighted by Crippen LogP contribution is -2.57. The maximum absolute atomic E-state index is 14.9. The average molecular weight is 1240 g/mol. The monoisotopic (exact) mass is 1240 g/mol. The first-order chi connectivity index (χ1) is 43.0. The van der Waals surface area contributed by atoms with Crippen LogP contribution in [0.1, 0.15) is 119 Å². The average Bonchev–Trinajstić information content (AvgIpc) is 1.74. The molecule has 4 saturated heterocycles. The number of amides is 1. The number of piperazine rings is 1. The number of nitrogens with one attached hydrogen (secondary N) is 3. The molecule has 6 fully saturated rings. The number of fused-ring (bicyclic) bond motifs is 3. The molecular weight excluding hydrogens is 1150 g/mol. The molecule has 0 unspecified atom stereocenters. The van der Waals surface area contributed by atoms with Crippen LogP contribution in [0.25, 0.3) is 11.0 Å². The molecule has 13 rings (SSSR count). The molecule has 3 aromatic carbocycles. The predicted molar refractivity (Wildman–Crippen MR) is 344 cm³/mol. The highest BCUT2D eigenvalue weighted by Gasteiger charge is 2.45. The number of ether oxygens (including phenoxy) is 4. The van der Waals surface area contributed by atoms with Crippen LogP contribution in [0.3, 0.4) is 0 Å².